The SMILES string of the molecule is COc1cc(C2C(C(=O)Nc3ccc(C)cc3C)=C(C)Nc3nc(SCc4ccccc4Cl)nn32)cc(Br)c1OCc1cccc(C)c1. The molecule has 6 rings (SSSR count). The number of carbonyl (C=O) groups is 1. The van der Waals surface area contributed by atoms with Crippen LogP contribution in [0.2, 0.25) is 5.02 Å². The highest BCUT2D eigenvalue weighted by molar-refractivity contribution is 9.10. The molecule has 48 heavy (non-hydrogen) atoms. The zero-order valence-electron chi connectivity index (χ0n) is 27.2. The molecule has 5 aromatic rings. The zero-order valence-corrected chi connectivity index (χ0v) is 30.4. The largest absolute Gasteiger partial charge is 0.493 e. The first kappa shape index (κ1) is 33.6. The van der Waals surface area contributed by atoms with Gasteiger partial charge in [0.05, 0.1) is 17.2 Å². The van der Waals surface area contributed by atoms with Gasteiger partial charge in [0, 0.05) is 22.2 Å². The van der Waals surface area contributed by atoms with Crippen LogP contribution in [0.3, 0.4) is 0 Å². The molecular formula is C37H35BrClN5O3S. The van der Waals surface area contributed by atoms with Crippen molar-refractivity contribution in [3.63, 3.8) is 0 Å². The van der Waals surface area contributed by atoms with Gasteiger partial charge in [-0.1, -0.05) is 89.1 Å². The van der Waals surface area contributed by atoms with E-state index in [9.17, 15) is 4.79 Å². The van der Waals surface area contributed by atoms with Crippen LogP contribution < -0.4 is 20.1 Å². The number of nitrogens with one attached hydrogen (secondary N) is 2. The third-order valence-corrected chi connectivity index (χ3v) is 9.90. The number of allylic oxidation sites excluding steroid dienone is 1. The van der Waals surface area contributed by atoms with Crippen molar-refractivity contribution in [1.29, 1.82) is 0 Å². The lowest BCUT2D eigenvalue weighted by Gasteiger charge is -2.29. The first-order valence-electron chi connectivity index (χ1n) is 15.4. The van der Waals surface area contributed by atoms with E-state index in [1.807, 2.05) is 87.5 Å². The maximum atomic E-state index is 14.2. The van der Waals surface area contributed by atoms with Crippen molar-refractivity contribution >= 4 is 56.8 Å². The van der Waals surface area contributed by atoms with Gasteiger partial charge in [0.1, 0.15) is 12.6 Å². The summed E-state index contributed by atoms with van der Waals surface area (Å²) in [5.74, 6) is 1.95. The van der Waals surface area contributed by atoms with Crippen molar-refractivity contribution in [3.05, 3.63) is 133 Å². The number of hydrogen-bond donors (Lipinski definition) is 2. The number of amides is 1. The zero-order chi connectivity index (χ0) is 33.9. The van der Waals surface area contributed by atoms with Gasteiger partial charge in [-0.2, -0.15) is 4.98 Å². The van der Waals surface area contributed by atoms with Crippen LogP contribution in [0.4, 0.5) is 11.6 Å². The molecule has 2 heterocycles. The number of nitrogens with zero attached hydrogens (tertiary/aromatic N) is 3. The molecule has 1 amide bonds. The average Bonchev–Trinajstić information content (AvgIpc) is 3.46. The van der Waals surface area contributed by atoms with Crippen LogP contribution in [-0.4, -0.2) is 27.8 Å². The summed E-state index contributed by atoms with van der Waals surface area (Å²) >= 11 is 11.6. The number of methoxy groups -OCH3 is 1. The number of thioether (sulfide) groups is 1. The molecule has 0 aliphatic carbocycles. The van der Waals surface area contributed by atoms with Gasteiger partial charge in [0.2, 0.25) is 11.1 Å². The molecule has 246 valence electrons. The molecular weight excluding hydrogens is 710 g/mol. The number of aromatic nitrogens is 3. The van der Waals surface area contributed by atoms with Crippen molar-refractivity contribution in [2.45, 2.75) is 51.3 Å². The Morgan fingerprint density at radius 2 is 1.81 bits per heavy atom. The summed E-state index contributed by atoms with van der Waals surface area (Å²) in [4.78, 5) is 19.0. The van der Waals surface area contributed by atoms with Gasteiger partial charge in [-0.15, -0.1) is 5.10 Å². The van der Waals surface area contributed by atoms with Gasteiger partial charge in [0.25, 0.3) is 5.91 Å². The Kier molecular flexibility index (Phi) is 10.1. The van der Waals surface area contributed by atoms with Crippen molar-refractivity contribution in [1.82, 2.24) is 14.8 Å². The summed E-state index contributed by atoms with van der Waals surface area (Å²) in [6, 6.07) is 25.1. The first-order valence-corrected chi connectivity index (χ1v) is 17.5. The molecule has 1 unspecified atom stereocenters. The monoisotopic (exact) mass is 743 g/mol. The second-order valence-corrected chi connectivity index (χ2v) is 13.9. The summed E-state index contributed by atoms with van der Waals surface area (Å²) in [5, 5.41) is 12.6. The van der Waals surface area contributed by atoms with E-state index < -0.39 is 6.04 Å². The number of aryl methyl sites for hydroxylation is 3. The minimum absolute atomic E-state index is 0.252. The predicted molar refractivity (Wildman–Crippen MR) is 196 cm³/mol. The molecule has 0 fully saturated rings. The van der Waals surface area contributed by atoms with Crippen molar-refractivity contribution in [2.75, 3.05) is 17.7 Å². The number of carbonyl (C=O) groups excluding carboxylic acids is 1. The molecule has 11 heteroatoms. The van der Waals surface area contributed by atoms with E-state index in [0.29, 0.717) is 55.7 Å². The second-order valence-electron chi connectivity index (χ2n) is 11.7. The molecule has 4 aromatic carbocycles. The smallest absolute Gasteiger partial charge is 0.255 e. The van der Waals surface area contributed by atoms with Gasteiger partial charge in [-0.05, 0) is 90.1 Å². The quantitative estimate of drug-likeness (QED) is 0.138. The van der Waals surface area contributed by atoms with Crippen molar-refractivity contribution in [2.24, 2.45) is 0 Å². The van der Waals surface area contributed by atoms with Gasteiger partial charge in [-0.3, -0.25) is 4.79 Å². The highest BCUT2D eigenvalue weighted by atomic mass is 79.9. The third-order valence-electron chi connectivity index (χ3n) is 8.06. The summed E-state index contributed by atoms with van der Waals surface area (Å²) < 4.78 is 14.6. The Morgan fingerprint density at radius 1 is 1.02 bits per heavy atom. The molecule has 0 saturated heterocycles. The molecule has 8 nitrogen and oxygen atoms in total. The Bertz CT molecular complexity index is 2050. The number of anilines is 2. The first-order chi connectivity index (χ1) is 23.1. The minimum atomic E-state index is -0.634. The number of fused-ring (bicyclic) bond motifs is 1. The molecule has 1 aromatic heterocycles. The number of hydrogen-bond acceptors (Lipinski definition) is 7. The lowest BCUT2D eigenvalue weighted by Crippen LogP contribution is -2.31. The summed E-state index contributed by atoms with van der Waals surface area (Å²) in [5.41, 5.74) is 7.95. The topological polar surface area (TPSA) is 90.3 Å². The van der Waals surface area contributed by atoms with Crippen LogP contribution in [0.25, 0.3) is 0 Å². The van der Waals surface area contributed by atoms with Crippen LogP contribution in [0.5, 0.6) is 11.5 Å². The highest BCUT2D eigenvalue weighted by Crippen LogP contribution is 2.44. The Hall–Kier alpha value is -4.25. The van der Waals surface area contributed by atoms with Crippen LogP contribution in [0, 0.1) is 20.8 Å². The van der Waals surface area contributed by atoms with E-state index in [0.717, 1.165) is 39.1 Å². The molecule has 0 saturated carbocycles. The second kappa shape index (κ2) is 14.5. The van der Waals surface area contributed by atoms with E-state index in [1.54, 1.807) is 11.8 Å². The van der Waals surface area contributed by atoms with E-state index in [1.165, 1.54) is 11.8 Å². The fourth-order valence-corrected chi connectivity index (χ4v) is 7.38. The molecule has 0 bridgehead atoms. The third kappa shape index (κ3) is 7.26. The van der Waals surface area contributed by atoms with Crippen LogP contribution in [-0.2, 0) is 17.2 Å². The van der Waals surface area contributed by atoms with Crippen molar-refractivity contribution in [3.8, 4) is 11.5 Å². The van der Waals surface area contributed by atoms with E-state index in [2.05, 4.69) is 45.6 Å². The van der Waals surface area contributed by atoms with Gasteiger partial charge in [-0.25, -0.2) is 4.68 Å². The maximum absolute atomic E-state index is 14.2. The lowest BCUT2D eigenvalue weighted by atomic mass is 9.94. The molecule has 2 N–H and O–H groups in total. The van der Waals surface area contributed by atoms with E-state index in [4.69, 9.17) is 31.2 Å². The summed E-state index contributed by atoms with van der Waals surface area (Å²) in [6.07, 6.45) is 0. The number of halogens is 2. The fraction of sp³-hybridized carbons (Fsp3) is 0.216. The standard InChI is InChI=1S/C37H35BrClN5O3S/c1-21-9-8-10-25(16-21)19-47-34-28(38)17-27(18-31(34)46-5)33-32(35(45)41-30-14-13-22(2)15-23(30)3)24(4)40-36-42-37(43-44(33)36)48-20-26-11-6-7-12-29(26)39/h6-18,33H,19-20H2,1-5H3,(H,41,45)(H,40,42,43). The Morgan fingerprint density at radius 3 is 2.56 bits per heavy atom. The predicted octanol–water partition coefficient (Wildman–Crippen LogP) is 9.43. The normalized spacial score (nSPS) is 13.9. The van der Waals surface area contributed by atoms with Gasteiger partial charge < -0.3 is 20.1 Å². The lowest BCUT2D eigenvalue weighted by molar-refractivity contribution is -0.113. The Labute approximate surface area is 298 Å². The molecule has 0 spiro atoms. The van der Waals surface area contributed by atoms with Crippen molar-refractivity contribution < 1.29 is 14.3 Å². The van der Waals surface area contributed by atoms with Crippen LogP contribution in [0.15, 0.2) is 99.8 Å². The average molecular weight is 745 g/mol. The molecule has 1 aliphatic rings. The minimum Gasteiger partial charge on any atom is -0.493 e. The molecule has 1 atom stereocenters. The van der Waals surface area contributed by atoms with Gasteiger partial charge >= 0.3 is 0 Å². The van der Waals surface area contributed by atoms with Crippen LogP contribution >= 0.6 is 39.3 Å². The molecule has 0 radical (unpaired) electrons. The Balaban J connectivity index is 1.38. The number of benzene rings is 4. The highest BCUT2D eigenvalue weighted by Gasteiger charge is 2.35. The maximum Gasteiger partial charge on any atom is 0.255 e. The van der Waals surface area contributed by atoms with E-state index in [-0.39, 0.29) is 5.91 Å². The van der Waals surface area contributed by atoms with Crippen LogP contribution in [0.1, 0.15) is 46.3 Å². The molecule has 1 aliphatic heterocycles. The van der Waals surface area contributed by atoms with Gasteiger partial charge in [0.15, 0.2) is 11.5 Å². The number of rotatable bonds is 10. The summed E-state index contributed by atoms with van der Waals surface area (Å²) in [6.45, 7) is 8.31. The number of ether oxygens (including phenoxy) is 2. The fourth-order valence-electron chi connectivity index (χ4n) is 5.69. The van der Waals surface area contributed by atoms with E-state index >= 15 is 0 Å². The summed E-state index contributed by atoms with van der Waals surface area (Å²) in [7, 11) is 1.60.